The van der Waals surface area contributed by atoms with Crippen molar-refractivity contribution in [1.29, 1.82) is 0 Å². The zero-order chi connectivity index (χ0) is 21.4. The Hall–Kier alpha value is -3.58. The SMILES string of the molecule is CCCOc1ccc(N2C(=O)[C@H]3[C@H](ON(c4ccccc4)[C@@H]3c3ccco3)C2=O)cc1. The van der Waals surface area contributed by atoms with Gasteiger partial charge < -0.3 is 9.15 Å². The molecule has 2 aliphatic rings. The minimum absolute atomic E-state index is 0.308. The molecule has 7 nitrogen and oxygen atoms in total. The Balaban J connectivity index is 1.47. The average molecular weight is 418 g/mol. The molecule has 0 bridgehead atoms. The number of para-hydroxylation sites is 1. The third kappa shape index (κ3) is 3.27. The largest absolute Gasteiger partial charge is 0.494 e. The molecule has 0 saturated carbocycles. The van der Waals surface area contributed by atoms with E-state index in [-0.39, 0.29) is 11.8 Å². The van der Waals surface area contributed by atoms with E-state index in [1.54, 1.807) is 47.7 Å². The Kier molecular flexibility index (Phi) is 4.95. The van der Waals surface area contributed by atoms with Gasteiger partial charge in [-0.2, -0.15) is 0 Å². The summed E-state index contributed by atoms with van der Waals surface area (Å²) in [7, 11) is 0. The highest BCUT2D eigenvalue weighted by atomic mass is 16.7. The van der Waals surface area contributed by atoms with E-state index in [2.05, 4.69) is 0 Å². The molecule has 2 fully saturated rings. The number of imide groups is 1. The highest BCUT2D eigenvalue weighted by Crippen LogP contribution is 2.47. The van der Waals surface area contributed by atoms with Crippen LogP contribution in [0.15, 0.2) is 77.4 Å². The quantitative estimate of drug-likeness (QED) is 0.561. The molecule has 2 saturated heterocycles. The number of fused-ring (bicyclic) bond motifs is 1. The maximum Gasteiger partial charge on any atom is 0.266 e. The minimum Gasteiger partial charge on any atom is -0.494 e. The van der Waals surface area contributed by atoms with Gasteiger partial charge in [0.2, 0.25) is 5.91 Å². The van der Waals surface area contributed by atoms with Gasteiger partial charge >= 0.3 is 0 Å². The Bertz CT molecular complexity index is 1070. The van der Waals surface area contributed by atoms with Gasteiger partial charge in [0.25, 0.3) is 5.91 Å². The smallest absolute Gasteiger partial charge is 0.266 e. The molecule has 1 aromatic heterocycles. The van der Waals surface area contributed by atoms with Crippen LogP contribution < -0.4 is 14.7 Å². The van der Waals surface area contributed by atoms with Crippen LogP contribution in [0.25, 0.3) is 0 Å². The zero-order valence-corrected chi connectivity index (χ0v) is 17.0. The number of hydroxylamine groups is 1. The van der Waals surface area contributed by atoms with Crippen molar-refractivity contribution in [1.82, 2.24) is 0 Å². The van der Waals surface area contributed by atoms with Crippen molar-refractivity contribution in [2.75, 3.05) is 16.6 Å². The van der Waals surface area contributed by atoms with Gasteiger partial charge in [-0.3, -0.25) is 14.4 Å². The number of furan rings is 1. The van der Waals surface area contributed by atoms with E-state index in [9.17, 15) is 9.59 Å². The predicted molar refractivity (Wildman–Crippen MR) is 113 cm³/mol. The number of carbonyl (C=O) groups excluding carboxylic acids is 2. The first-order valence-corrected chi connectivity index (χ1v) is 10.3. The maximum absolute atomic E-state index is 13.5. The number of carbonyl (C=O) groups is 2. The standard InChI is InChI=1S/C24H22N2O5/c1-2-14-29-18-12-10-16(11-13-18)25-23(27)20-21(19-9-6-15-30-19)26(31-22(20)24(25)28)17-7-4-3-5-8-17/h3-13,15,20-22H,2,14H2,1H3/t20-,21-,22+/m1/s1. The highest BCUT2D eigenvalue weighted by Gasteiger charge is 2.61. The number of hydrogen-bond donors (Lipinski definition) is 0. The van der Waals surface area contributed by atoms with Crippen LogP contribution in [0.1, 0.15) is 25.1 Å². The Morgan fingerprint density at radius 1 is 0.903 bits per heavy atom. The van der Waals surface area contributed by atoms with Crippen molar-refractivity contribution in [3.8, 4) is 5.75 Å². The molecule has 3 aromatic rings. The van der Waals surface area contributed by atoms with Crippen LogP contribution in [0.4, 0.5) is 11.4 Å². The third-order valence-electron chi connectivity index (χ3n) is 5.53. The number of ether oxygens (including phenoxy) is 1. The first kappa shape index (κ1) is 19.4. The van der Waals surface area contributed by atoms with Gasteiger partial charge in [-0.25, -0.2) is 9.96 Å². The number of amides is 2. The predicted octanol–water partition coefficient (Wildman–Crippen LogP) is 4.12. The molecule has 2 aromatic carbocycles. The van der Waals surface area contributed by atoms with E-state index in [0.717, 1.165) is 12.1 Å². The summed E-state index contributed by atoms with van der Waals surface area (Å²) >= 11 is 0. The summed E-state index contributed by atoms with van der Waals surface area (Å²) in [4.78, 5) is 34.0. The van der Waals surface area contributed by atoms with Crippen LogP contribution in [-0.4, -0.2) is 24.5 Å². The van der Waals surface area contributed by atoms with Gasteiger partial charge in [0, 0.05) is 0 Å². The van der Waals surface area contributed by atoms with Crippen LogP contribution in [0.2, 0.25) is 0 Å². The van der Waals surface area contributed by atoms with E-state index in [0.29, 0.717) is 23.8 Å². The summed E-state index contributed by atoms with van der Waals surface area (Å²) in [5.41, 5.74) is 1.25. The summed E-state index contributed by atoms with van der Waals surface area (Å²) in [5.74, 6) is -0.133. The van der Waals surface area contributed by atoms with Gasteiger partial charge in [0.05, 0.1) is 24.2 Å². The van der Waals surface area contributed by atoms with Gasteiger partial charge in [-0.15, -0.1) is 0 Å². The minimum atomic E-state index is -0.918. The lowest BCUT2D eigenvalue weighted by Gasteiger charge is -2.27. The molecule has 158 valence electrons. The van der Waals surface area contributed by atoms with Crippen LogP contribution in [0.3, 0.4) is 0 Å². The number of rotatable bonds is 6. The highest BCUT2D eigenvalue weighted by molar-refractivity contribution is 6.23. The molecule has 7 heteroatoms. The molecule has 5 rings (SSSR count). The van der Waals surface area contributed by atoms with Crippen molar-refractivity contribution >= 4 is 23.2 Å². The molecule has 3 atom stereocenters. The molecule has 31 heavy (non-hydrogen) atoms. The number of benzene rings is 2. The first-order valence-electron chi connectivity index (χ1n) is 10.3. The van der Waals surface area contributed by atoms with Gasteiger partial charge in [-0.1, -0.05) is 25.1 Å². The summed E-state index contributed by atoms with van der Waals surface area (Å²) in [5, 5.41) is 1.61. The molecule has 0 N–H and O–H groups in total. The zero-order valence-electron chi connectivity index (χ0n) is 17.0. The van der Waals surface area contributed by atoms with Crippen molar-refractivity contribution in [2.45, 2.75) is 25.5 Å². The van der Waals surface area contributed by atoms with Crippen LogP contribution >= 0.6 is 0 Å². The maximum atomic E-state index is 13.5. The topological polar surface area (TPSA) is 72.2 Å². The second-order valence-corrected chi connectivity index (χ2v) is 7.53. The Labute approximate surface area is 179 Å². The molecule has 0 spiro atoms. The van der Waals surface area contributed by atoms with Crippen molar-refractivity contribution in [3.63, 3.8) is 0 Å². The second-order valence-electron chi connectivity index (χ2n) is 7.53. The Morgan fingerprint density at radius 3 is 2.35 bits per heavy atom. The first-order chi connectivity index (χ1) is 15.2. The van der Waals surface area contributed by atoms with Crippen LogP contribution in [-0.2, 0) is 14.4 Å². The lowest BCUT2D eigenvalue weighted by molar-refractivity contribution is -0.126. The molecular formula is C24H22N2O5. The normalized spacial score (nSPS) is 22.8. The molecule has 0 unspecified atom stereocenters. The lowest BCUT2D eigenvalue weighted by Crippen LogP contribution is -2.37. The van der Waals surface area contributed by atoms with E-state index in [1.165, 1.54) is 4.90 Å². The van der Waals surface area contributed by atoms with Crippen LogP contribution in [0.5, 0.6) is 5.75 Å². The van der Waals surface area contributed by atoms with E-state index < -0.39 is 18.1 Å². The van der Waals surface area contributed by atoms with Gasteiger partial charge in [-0.05, 0) is 55.0 Å². The van der Waals surface area contributed by atoms with E-state index in [1.807, 2.05) is 37.3 Å². The summed E-state index contributed by atoms with van der Waals surface area (Å²) in [6, 6.07) is 19.4. The number of nitrogens with zero attached hydrogens (tertiary/aromatic N) is 2. The fourth-order valence-electron chi connectivity index (χ4n) is 4.13. The van der Waals surface area contributed by atoms with E-state index in [4.69, 9.17) is 14.0 Å². The lowest BCUT2D eigenvalue weighted by atomic mass is 9.94. The fourth-order valence-corrected chi connectivity index (χ4v) is 4.13. The molecule has 0 radical (unpaired) electrons. The summed E-state index contributed by atoms with van der Waals surface area (Å²) < 4.78 is 11.2. The third-order valence-corrected chi connectivity index (χ3v) is 5.53. The average Bonchev–Trinajstić information content (AvgIpc) is 3.51. The Morgan fingerprint density at radius 2 is 1.68 bits per heavy atom. The fraction of sp³-hybridized carbons (Fsp3) is 0.250. The summed E-state index contributed by atoms with van der Waals surface area (Å²) in [6.07, 6.45) is 1.54. The van der Waals surface area contributed by atoms with Crippen molar-refractivity contribution in [2.24, 2.45) is 5.92 Å². The monoisotopic (exact) mass is 418 g/mol. The number of hydrogen-bond acceptors (Lipinski definition) is 6. The van der Waals surface area contributed by atoms with Crippen molar-refractivity contribution in [3.05, 3.63) is 78.8 Å². The van der Waals surface area contributed by atoms with Crippen molar-refractivity contribution < 1.29 is 23.6 Å². The molecule has 0 aliphatic carbocycles. The molecular weight excluding hydrogens is 396 g/mol. The molecule has 2 amide bonds. The second kappa shape index (κ2) is 7.92. The van der Waals surface area contributed by atoms with Crippen LogP contribution in [0, 0.1) is 5.92 Å². The van der Waals surface area contributed by atoms with Gasteiger partial charge in [0.1, 0.15) is 23.5 Å². The number of anilines is 2. The van der Waals surface area contributed by atoms with Gasteiger partial charge in [0.15, 0.2) is 6.10 Å². The molecule has 2 aliphatic heterocycles. The van der Waals surface area contributed by atoms with E-state index >= 15 is 0 Å². The summed E-state index contributed by atoms with van der Waals surface area (Å²) in [6.45, 7) is 2.64. The molecule has 3 heterocycles.